The van der Waals surface area contributed by atoms with Crippen LogP contribution in [0.4, 0.5) is 33.0 Å². The van der Waals surface area contributed by atoms with Crippen molar-refractivity contribution in [3.8, 4) is 12.1 Å². The van der Waals surface area contributed by atoms with Crippen LogP contribution in [0.3, 0.4) is 0 Å². The lowest BCUT2D eigenvalue weighted by Gasteiger charge is -2.26. The van der Waals surface area contributed by atoms with Crippen LogP contribution in [0, 0.1) is 28.6 Å². The van der Waals surface area contributed by atoms with Crippen molar-refractivity contribution in [2.75, 3.05) is 55.3 Å². The van der Waals surface area contributed by atoms with Gasteiger partial charge in [0.25, 0.3) is 0 Å². The number of hydrogen-bond acceptors (Lipinski definition) is 11. The molecule has 1 fully saturated rings. The second-order valence-electron chi connectivity index (χ2n) is 12.6. The van der Waals surface area contributed by atoms with Gasteiger partial charge in [0.1, 0.15) is 18.0 Å². The Bertz CT molecular complexity index is 2710. The smallest absolute Gasteiger partial charge is 0.213 e. The predicted molar refractivity (Wildman–Crippen MR) is 207 cm³/mol. The number of rotatable bonds is 8. The first-order valence-electron chi connectivity index (χ1n) is 17.3. The van der Waals surface area contributed by atoms with Crippen molar-refractivity contribution >= 4 is 72.2 Å². The van der Waals surface area contributed by atoms with Gasteiger partial charge in [0.2, 0.25) is 5.95 Å². The van der Waals surface area contributed by atoms with Gasteiger partial charge in [-0.1, -0.05) is 0 Å². The Hall–Kier alpha value is -7.13. The number of ether oxygens (including phenoxy) is 1. The molecule has 13 nitrogen and oxygen atoms in total. The molecule has 9 rings (SSSR count). The number of fused-ring (bicyclic) bond motifs is 4. The SMILES string of the molecule is N#Cc1cnc2cnc(F)cc2c1Nc1ccc2[nH]ccc2c1.N#Cc1cnc2cnc(NCCN3CCOCC3)cc2c1Nc1ccc2[nH]ccc2c1. The maximum atomic E-state index is 13.5. The number of aromatic amines is 2. The Kier molecular flexibility index (Phi) is 9.58. The van der Waals surface area contributed by atoms with Crippen LogP contribution >= 0.6 is 0 Å². The highest BCUT2D eigenvalue weighted by Crippen LogP contribution is 2.32. The van der Waals surface area contributed by atoms with Gasteiger partial charge in [-0.15, -0.1) is 0 Å². The first-order valence-corrected chi connectivity index (χ1v) is 17.3. The maximum Gasteiger partial charge on any atom is 0.213 e. The lowest BCUT2D eigenvalue weighted by Crippen LogP contribution is -2.39. The van der Waals surface area contributed by atoms with Crippen LogP contribution in [-0.4, -0.2) is 74.2 Å². The molecule has 14 heteroatoms. The van der Waals surface area contributed by atoms with E-state index in [-0.39, 0.29) is 0 Å². The van der Waals surface area contributed by atoms with Crippen LogP contribution in [-0.2, 0) is 4.74 Å². The molecule has 0 amide bonds. The van der Waals surface area contributed by atoms with E-state index in [4.69, 9.17) is 4.74 Å². The summed E-state index contributed by atoms with van der Waals surface area (Å²) >= 11 is 0. The summed E-state index contributed by atoms with van der Waals surface area (Å²) in [4.78, 5) is 25.3. The fourth-order valence-corrected chi connectivity index (χ4v) is 6.42. The zero-order chi connectivity index (χ0) is 36.9. The molecule has 6 aromatic heterocycles. The predicted octanol–water partition coefficient (Wildman–Crippen LogP) is 7.34. The number of halogens is 1. The van der Waals surface area contributed by atoms with E-state index >= 15 is 0 Å². The van der Waals surface area contributed by atoms with E-state index in [1.165, 1.54) is 18.5 Å². The molecule has 1 aliphatic heterocycles. The molecule has 0 radical (unpaired) electrons. The van der Waals surface area contributed by atoms with Crippen molar-refractivity contribution in [1.29, 1.82) is 10.5 Å². The second-order valence-corrected chi connectivity index (χ2v) is 12.6. The second kappa shape index (κ2) is 15.2. The lowest BCUT2D eigenvalue weighted by molar-refractivity contribution is 0.0398. The van der Waals surface area contributed by atoms with Gasteiger partial charge in [0.05, 0.1) is 59.1 Å². The van der Waals surface area contributed by atoms with Gasteiger partial charge in [0.15, 0.2) is 0 Å². The Balaban J connectivity index is 0.000000160. The molecule has 54 heavy (non-hydrogen) atoms. The van der Waals surface area contributed by atoms with Crippen LogP contribution in [0.5, 0.6) is 0 Å². The Morgan fingerprint density at radius 2 is 1.28 bits per heavy atom. The molecule has 8 aromatic rings. The largest absolute Gasteiger partial charge is 0.379 e. The summed E-state index contributed by atoms with van der Waals surface area (Å²) in [6.45, 7) is 5.22. The quantitative estimate of drug-likeness (QED) is 0.0994. The van der Waals surface area contributed by atoms with Gasteiger partial charge < -0.3 is 30.7 Å². The van der Waals surface area contributed by atoms with E-state index in [1.54, 1.807) is 12.4 Å². The van der Waals surface area contributed by atoms with Gasteiger partial charge in [-0.25, -0.2) is 9.97 Å². The van der Waals surface area contributed by atoms with E-state index in [0.29, 0.717) is 27.7 Å². The van der Waals surface area contributed by atoms with Crippen molar-refractivity contribution < 1.29 is 9.13 Å². The normalized spacial score (nSPS) is 12.9. The molecule has 0 spiro atoms. The minimum atomic E-state index is -0.612. The van der Waals surface area contributed by atoms with E-state index in [1.807, 2.05) is 60.9 Å². The number of pyridine rings is 4. The highest BCUT2D eigenvalue weighted by Gasteiger charge is 2.14. The first-order chi connectivity index (χ1) is 26.5. The number of benzene rings is 2. The molecule has 0 saturated carbocycles. The third kappa shape index (κ3) is 7.29. The van der Waals surface area contributed by atoms with Crippen molar-refractivity contribution in [1.82, 2.24) is 34.8 Å². The topological polar surface area (TPSA) is 179 Å². The average molecular weight is 717 g/mol. The molecule has 0 unspecified atom stereocenters. The molecular weight excluding hydrogens is 684 g/mol. The zero-order valence-electron chi connectivity index (χ0n) is 28.9. The van der Waals surface area contributed by atoms with Crippen molar-refractivity contribution in [3.05, 3.63) is 115 Å². The minimum Gasteiger partial charge on any atom is -0.379 e. The molecule has 2 aromatic carbocycles. The Labute approximate surface area is 308 Å². The number of H-pyrrole nitrogens is 2. The molecule has 0 bridgehead atoms. The molecule has 0 aliphatic carbocycles. The van der Waals surface area contributed by atoms with Crippen LogP contribution in [0.1, 0.15) is 11.1 Å². The summed E-state index contributed by atoms with van der Waals surface area (Å²) < 4.78 is 18.9. The number of nitrogens with zero attached hydrogens (tertiary/aromatic N) is 7. The van der Waals surface area contributed by atoms with E-state index in [0.717, 1.165) is 95.0 Å². The summed E-state index contributed by atoms with van der Waals surface area (Å²) in [7, 11) is 0. The van der Waals surface area contributed by atoms with Gasteiger partial charge in [-0.05, 0) is 54.6 Å². The standard InChI is InChI=1S/C23H23N7O.C17H10FN5/c24-13-17-14-27-21-15-28-22(26-5-6-30-7-9-31-10-8-30)12-19(21)23(17)29-18-1-2-20-16(11-18)3-4-25-20;18-16-6-13-15(9-22-16)21-8-11(7-19)17(13)23-12-1-2-14-10(5-12)3-4-20-14/h1-4,11-12,14-15,25H,5-10H2,(H,26,28)(H,27,29);1-6,8-9,20H,(H,21,23). The molecule has 1 saturated heterocycles. The van der Waals surface area contributed by atoms with Crippen molar-refractivity contribution in [2.45, 2.75) is 0 Å². The fourth-order valence-electron chi connectivity index (χ4n) is 6.42. The monoisotopic (exact) mass is 716 g/mol. The number of nitriles is 2. The zero-order valence-corrected chi connectivity index (χ0v) is 28.9. The molecule has 0 atom stereocenters. The number of hydrogen-bond donors (Lipinski definition) is 5. The number of nitrogens with one attached hydrogen (secondary N) is 5. The van der Waals surface area contributed by atoms with Crippen LogP contribution in [0.25, 0.3) is 43.6 Å². The summed E-state index contributed by atoms with van der Waals surface area (Å²) in [5.41, 5.74) is 7.17. The van der Waals surface area contributed by atoms with Gasteiger partial charge >= 0.3 is 0 Å². The van der Waals surface area contributed by atoms with Crippen LogP contribution in [0.2, 0.25) is 0 Å². The third-order valence-electron chi connectivity index (χ3n) is 9.20. The summed E-state index contributed by atoms with van der Waals surface area (Å²) in [6, 6.07) is 23.4. The third-order valence-corrected chi connectivity index (χ3v) is 9.20. The van der Waals surface area contributed by atoms with E-state index in [9.17, 15) is 14.9 Å². The van der Waals surface area contributed by atoms with Gasteiger partial charge in [-0.3, -0.25) is 14.9 Å². The fraction of sp³-hybridized carbons (Fsp3) is 0.150. The Morgan fingerprint density at radius 1 is 0.704 bits per heavy atom. The van der Waals surface area contributed by atoms with E-state index < -0.39 is 5.95 Å². The van der Waals surface area contributed by atoms with E-state index in [2.05, 4.69) is 69.0 Å². The molecule has 1 aliphatic rings. The number of morpholine rings is 1. The number of anilines is 5. The summed E-state index contributed by atoms with van der Waals surface area (Å²) in [5.74, 6) is 0.153. The summed E-state index contributed by atoms with van der Waals surface area (Å²) in [5, 5.41) is 32.5. The first kappa shape index (κ1) is 34.0. The highest BCUT2D eigenvalue weighted by molar-refractivity contribution is 5.98. The average Bonchev–Trinajstić information content (AvgIpc) is 3.88. The molecule has 5 N–H and O–H groups in total. The lowest BCUT2D eigenvalue weighted by atomic mass is 10.1. The van der Waals surface area contributed by atoms with Gasteiger partial charge in [0, 0.05) is 101 Å². The Morgan fingerprint density at radius 3 is 1.87 bits per heavy atom. The summed E-state index contributed by atoms with van der Waals surface area (Å²) in [6.07, 6.45) is 9.92. The number of aromatic nitrogens is 6. The minimum absolute atomic E-state index is 0.345. The van der Waals surface area contributed by atoms with Crippen LogP contribution in [0.15, 0.2) is 97.8 Å². The molecule has 7 heterocycles. The molecular formula is C40H33FN12O. The van der Waals surface area contributed by atoms with Crippen molar-refractivity contribution in [3.63, 3.8) is 0 Å². The van der Waals surface area contributed by atoms with Crippen LogP contribution < -0.4 is 16.0 Å². The van der Waals surface area contributed by atoms with Crippen molar-refractivity contribution in [2.24, 2.45) is 0 Å². The van der Waals surface area contributed by atoms with Gasteiger partial charge in [-0.2, -0.15) is 14.9 Å². The highest BCUT2D eigenvalue weighted by atomic mass is 19.1. The molecule has 266 valence electrons. The maximum absolute atomic E-state index is 13.5.